The van der Waals surface area contributed by atoms with Gasteiger partial charge in [-0.15, -0.1) is 11.3 Å². The number of benzene rings is 3. The number of rotatable bonds is 12. The van der Waals surface area contributed by atoms with Gasteiger partial charge in [-0.1, -0.05) is 97.7 Å². The minimum Gasteiger partial charge on any atom is -0.456 e. The molecule has 0 amide bonds. The first kappa shape index (κ1) is 31.2. The van der Waals surface area contributed by atoms with Crippen molar-refractivity contribution in [2.24, 2.45) is 0 Å². The van der Waals surface area contributed by atoms with E-state index in [4.69, 9.17) is 16.3 Å². The maximum absolute atomic E-state index is 12.8. The molecule has 2 aromatic heterocycles. The molecule has 8 nitrogen and oxygen atoms in total. The second-order valence-electron chi connectivity index (χ2n) is 10.0. The first-order valence-corrected chi connectivity index (χ1v) is 16.8. The molecule has 5 aromatic rings. The fraction of sp³-hybridized carbons (Fsp3) is 0.182. The predicted octanol–water partition coefficient (Wildman–Crippen LogP) is 7.60. The van der Waals surface area contributed by atoms with Gasteiger partial charge in [-0.05, 0) is 41.1 Å². The molecule has 0 spiro atoms. The fourth-order valence-corrected chi connectivity index (χ4v) is 6.80. The number of aromatic nitrogens is 2. The quantitative estimate of drug-likeness (QED) is 0.140. The highest BCUT2D eigenvalue weighted by atomic mass is 35.5. The van der Waals surface area contributed by atoms with Crippen LogP contribution in [0.4, 0.5) is 5.69 Å². The molecule has 0 radical (unpaired) electrons. The van der Waals surface area contributed by atoms with Gasteiger partial charge in [-0.25, -0.2) is 9.78 Å². The van der Waals surface area contributed by atoms with Gasteiger partial charge >= 0.3 is 16.0 Å². The summed E-state index contributed by atoms with van der Waals surface area (Å²) >= 11 is 7.91. The summed E-state index contributed by atoms with van der Waals surface area (Å²) < 4.78 is 35.7. The number of hydrogen-bond donors (Lipinski definition) is 1. The number of aryl methyl sites for hydroxylation is 1. The van der Waals surface area contributed by atoms with E-state index in [0.717, 1.165) is 36.2 Å². The van der Waals surface area contributed by atoms with Crippen molar-refractivity contribution in [1.82, 2.24) is 9.55 Å². The van der Waals surface area contributed by atoms with E-state index < -0.39 is 21.1 Å². The Morgan fingerprint density at radius 2 is 1.59 bits per heavy atom. The molecular weight excluding hydrogens is 618 g/mol. The molecule has 0 saturated carbocycles. The van der Waals surface area contributed by atoms with E-state index in [1.165, 1.54) is 23.5 Å². The van der Waals surface area contributed by atoms with Gasteiger partial charge in [-0.3, -0.25) is 9.52 Å². The molecule has 0 bridgehead atoms. The number of halogens is 1. The Labute approximate surface area is 265 Å². The number of anilines is 1. The summed E-state index contributed by atoms with van der Waals surface area (Å²) in [5.74, 6) is 0.367. The maximum Gasteiger partial charge on any atom is 0.338 e. The number of unbranched alkanes of at least 4 members (excludes halogenated alkanes) is 1. The number of nitrogens with one attached hydrogen (secondary N) is 1. The third kappa shape index (κ3) is 7.27. The van der Waals surface area contributed by atoms with Crippen molar-refractivity contribution in [2.45, 2.75) is 39.3 Å². The minimum absolute atomic E-state index is 0.0236. The lowest BCUT2D eigenvalue weighted by Crippen LogP contribution is -2.23. The standard InChI is InChI=1S/C33H30ClN3O5S2/c1-2-3-14-29-35-31(34)28(22-42-32(38)25-10-6-4-7-11-25)37(29)21-23-15-17-24(18-16-23)30-27(19-20-43-30)36-44(40,41)33(39)26-12-8-5-9-13-26/h4-13,15-20,36H,2-3,14,21-22H2,1H3. The SMILES string of the molecule is CCCCc1nc(Cl)c(COC(=O)c2ccccc2)n1Cc1ccc(-c2sccc2NS(=O)(=O)C(=O)c2ccccc2)cc1. The van der Waals surface area contributed by atoms with Gasteiger partial charge in [0.15, 0.2) is 5.15 Å². The Morgan fingerprint density at radius 1 is 0.932 bits per heavy atom. The van der Waals surface area contributed by atoms with Crippen LogP contribution in [0, 0.1) is 0 Å². The van der Waals surface area contributed by atoms with Gasteiger partial charge in [0, 0.05) is 18.5 Å². The molecule has 5 rings (SSSR count). The van der Waals surface area contributed by atoms with Gasteiger partial charge in [0.25, 0.3) is 5.12 Å². The molecule has 2 heterocycles. The van der Waals surface area contributed by atoms with Gasteiger partial charge in [0.1, 0.15) is 12.4 Å². The van der Waals surface area contributed by atoms with Crippen LogP contribution in [0.25, 0.3) is 10.4 Å². The zero-order valence-corrected chi connectivity index (χ0v) is 26.3. The number of imidazole rings is 1. The van der Waals surface area contributed by atoms with Crippen molar-refractivity contribution in [1.29, 1.82) is 0 Å². The number of hydrogen-bond acceptors (Lipinski definition) is 7. The van der Waals surface area contributed by atoms with E-state index >= 15 is 0 Å². The second-order valence-corrected chi connectivity index (χ2v) is 12.9. The topological polar surface area (TPSA) is 107 Å². The highest BCUT2D eigenvalue weighted by Crippen LogP contribution is 2.35. The summed E-state index contributed by atoms with van der Waals surface area (Å²) in [6.07, 6.45) is 2.64. The van der Waals surface area contributed by atoms with Crippen molar-refractivity contribution in [3.8, 4) is 10.4 Å². The molecule has 0 unspecified atom stereocenters. The maximum atomic E-state index is 12.8. The highest BCUT2D eigenvalue weighted by molar-refractivity contribution is 8.07. The number of sulfonamides is 1. The van der Waals surface area contributed by atoms with E-state index in [2.05, 4.69) is 16.6 Å². The monoisotopic (exact) mass is 647 g/mol. The fourth-order valence-electron chi connectivity index (χ4n) is 4.62. The van der Waals surface area contributed by atoms with E-state index in [9.17, 15) is 18.0 Å². The number of nitrogens with zero attached hydrogens (tertiary/aromatic N) is 2. The Balaban J connectivity index is 1.34. The van der Waals surface area contributed by atoms with Crippen molar-refractivity contribution in [3.05, 3.63) is 130 Å². The molecule has 226 valence electrons. The Morgan fingerprint density at radius 3 is 2.25 bits per heavy atom. The summed E-state index contributed by atoms with van der Waals surface area (Å²) in [5, 5.41) is 1.08. The van der Waals surface area contributed by atoms with Gasteiger partial charge in [0.2, 0.25) is 0 Å². The van der Waals surface area contributed by atoms with Gasteiger partial charge < -0.3 is 9.30 Å². The minimum atomic E-state index is -4.30. The lowest BCUT2D eigenvalue weighted by molar-refractivity contribution is 0.0463. The smallest absolute Gasteiger partial charge is 0.338 e. The average molecular weight is 648 g/mol. The molecule has 0 atom stereocenters. The molecule has 11 heteroatoms. The van der Waals surface area contributed by atoms with Gasteiger partial charge in [0.05, 0.1) is 21.8 Å². The highest BCUT2D eigenvalue weighted by Gasteiger charge is 2.25. The van der Waals surface area contributed by atoms with Crippen LogP contribution in [0.2, 0.25) is 5.15 Å². The number of esters is 1. The van der Waals surface area contributed by atoms with E-state index in [1.54, 1.807) is 53.9 Å². The molecule has 0 aliphatic carbocycles. The van der Waals surface area contributed by atoms with E-state index in [-0.39, 0.29) is 12.2 Å². The zero-order valence-electron chi connectivity index (χ0n) is 23.9. The van der Waals surface area contributed by atoms with Crippen LogP contribution >= 0.6 is 22.9 Å². The van der Waals surface area contributed by atoms with Crippen LogP contribution in [0.1, 0.15) is 57.6 Å². The third-order valence-electron chi connectivity index (χ3n) is 6.93. The number of ether oxygens (including phenoxy) is 1. The summed E-state index contributed by atoms with van der Waals surface area (Å²) in [5.41, 5.74) is 3.24. The Hall–Kier alpha value is -4.25. The van der Waals surface area contributed by atoms with Crippen LogP contribution < -0.4 is 4.72 Å². The summed E-state index contributed by atoms with van der Waals surface area (Å²) in [6.45, 7) is 2.53. The molecule has 1 N–H and O–H groups in total. The summed E-state index contributed by atoms with van der Waals surface area (Å²) in [6, 6.07) is 26.0. The van der Waals surface area contributed by atoms with E-state index in [1.807, 2.05) is 34.9 Å². The lowest BCUT2D eigenvalue weighted by atomic mass is 10.1. The molecule has 44 heavy (non-hydrogen) atoms. The lowest BCUT2D eigenvalue weighted by Gasteiger charge is -2.14. The molecule has 0 fully saturated rings. The van der Waals surface area contributed by atoms with E-state index in [0.29, 0.717) is 33.5 Å². The largest absolute Gasteiger partial charge is 0.456 e. The Kier molecular flexibility index (Phi) is 9.94. The first-order chi connectivity index (χ1) is 21.3. The van der Waals surface area contributed by atoms with Crippen molar-refractivity contribution >= 4 is 49.7 Å². The van der Waals surface area contributed by atoms with Crippen molar-refractivity contribution in [2.75, 3.05) is 4.72 Å². The van der Waals surface area contributed by atoms with Crippen LogP contribution in [-0.4, -0.2) is 29.1 Å². The zero-order chi connectivity index (χ0) is 31.1. The molecule has 3 aromatic carbocycles. The van der Waals surface area contributed by atoms with Gasteiger partial charge in [-0.2, -0.15) is 8.42 Å². The molecule has 0 aliphatic rings. The normalized spacial score (nSPS) is 11.3. The van der Waals surface area contributed by atoms with Crippen LogP contribution in [-0.2, 0) is 34.3 Å². The number of thiophene rings is 1. The number of carbonyl (C=O) groups is 2. The number of carbonyl (C=O) groups excluding carboxylic acids is 2. The van der Waals surface area contributed by atoms with Crippen LogP contribution in [0.5, 0.6) is 0 Å². The second kappa shape index (κ2) is 14.0. The molecular formula is C33H30ClN3O5S2. The molecule has 0 saturated heterocycles. The van der Waals surface area contributed by atoms with Crippen LogP contribution in [0.3, 0.4) is 0 Å². The molecule has 0 aliphatic heterocycles. The first-order valence-electron chi connectivity index (χ1n) is 14.0. The van der Waals surface area contributed by atoms with Crippen LogP contribution in [0.15, 0.2) is 96.4 Å². The van der Waals surface area contributed by atoms with Crippen molar-refractivity contribution < 1.29 is 22.7 Å². The third-order valence-corrected chi connectivity index (χ3v) is 9.40. The predicted molar refractivity (Wildman–Crippen MR) is 174 cm³/mol. The Bertz CT molecular complexity index is 1850. The van der Waals surface area contributed by atoms with Crippen molar-refractivity contribution in [3.63, 3.8) is 0 Å². The average Bonchev–Trinajstić information content (AvgIpc) is 3.62. The summed E-state index contributed by atoms with van der Waals surface area (Å²) in [4.78, 5) is 30.5. The summed E-state index contributed by atoms with van der Waals surface area (Å²) in [7, 11) is -4.30.